The third-order valence-corrected chi connectivity index (χ3v) is 5.41. The zero-order chi connectivity index (χ0) is 24.6. The van der Waals surface area contributed by atoms with Crippen LogP contribution in [0.15, 0.2) is 48.5 Å². The molecule has 0 saturated carbocycles. The van der Waals surface area contributed by atoms with Crippen molar-refractivity contribution in [1.29, 1.82) is 5.26 Å². The van der Waals surface area contributed by atoms with E-state index in [9.17, 15) is 23.3 Å². The Balaban J connectivity index is 1.57. The first kappa shape index (κ1) is 25.0. The van der Waals surface area contributed by atoms with Crippen molar-refractivity contribution in [2.45, 2.75) is 18.9 Å². The van der Waals surface area contributed by atoms with Gasteiger partial charge in [-0.15, -0.1) is 0 Å². The number of carbonyl (C=O) groups excluding carboxylic acids is 2. The summed E-state index contributed by atoms with van der Waals surface area (Å²) in [4.78, 5) is 25.6. The molecule has 0 unspecified atom stereocenters. The molecule has 0 radical (unpaired) electrons. The summed E-state index contributed by atoms with van der Waals surface area (Å²) in [5.41, 5.74) is 2.34. The lowest BCUT2D eigenvalue weighted by atomic mass is 10.0. The standard InChI is InChI=1S/C23H25N3O7S/c1-34(29,30)33-21-5-2-4-19(15-21)18-8-6-17(7-9-18)14-20(16-24)25-22(27)32-23(28)26-10-3-12-31-13-11-26/h2,4-9,15,20H,3,10-14H2,1H3,(H,25,27)/t20-/m0/s1. The highest BCUT2D eigenvalue weighted by molar-refractivity contribution is 7.86. The predicted molar refractivity (Wildman–Crippen MR) is 122 cm³/mol. The summed E-state index contributed by atoms with van der Waals surface area (Å²) in [6.07, 6.45) is 0.0772. The second-order valence-electron chi connectivity index (χ2n) is 7.65. The smallest absolute Gasteiger partial charge is 0.383 e. The van der Waals surface area contributed by atoms with Gasteiger partial charge in [-0.25, -0.2) is 9.59 Å². The Morgan fingerprint density at radius 3 is 2.62 bits per heavy atom. The number of hydrogen-bond donors (Lipinski definition) is 1. The third kappa shape index (κ3) is 7.75. The van der Waals surface area contributed by atoms with Gasteiger partial charge in [-0.2, -0.15) is 13.7 Å². The van der Waals surface area contributed by atoms with Crippen LogP contribution in [0.3, 0.4) is 0 Å². The van der Waals surface area contributed by atoms with Crippen molar-refractivity contribution >= 4 is 22.3 Å². The summed E-state index contributed by atoms with van der Waals surface area (Å²) in [7, 11) is -3.63. The minimum atomic E-state index is -3.63. The van der Waals surface area contributed by atoms with E-state index in [1.165, 1.54) is 4.90 Å². The second-order valence-corrected chi connectivity index (χ2v) is 9.23. The van der Waals surface area contributed by atoms with Crippen molar-refractivity contribution in [3.63, 3.8) is 0 Å². The highest BCUT2D eigenvalue weighted by Gasteiger charge is 2.22. The molecule has 0 aliphatic carbocycles. The Hall–Kier alpha value is -3.62. The van der Waals surface area contributed by atoms with E-state index in [1.807, 2.05) is 24.3 Å². The second kappa shape index (κ2) is 11.5. The van der Waals surface area contributed by atoms with E-state index < -0.39 is 28.3 Å². The molecule has 0 bridgehead atoms. The van der Waals surface area contributed by atoms with Gasteiger partial charge in [0.2, 0.25) is 0 Å². The minimum Gasteiger partial charge on any atom is -0.383 e. The fourth-order valence-electron chi connectivity index (χ4n) is 3.34. The van der Waals surface area contributed by atoms with Crippen LogP contribution >= 0.6 is 0 Å². The summed E-state index contributed by atoms with van der Waals surface area (Å²) in [5.74, 6) is 0.207. The number of carbonyl (C=O) groups is 2. The van der Waals surface area contributed by atoms with Gasteiger partial charge in [-0.1, -0.05) is 36.4 Å². The number of alkyl carbamates (subject to hydrolysis) is 1. The first-order valence-corrected chi connectivity index (χ1v) is 12.4. The maximum absolute atomic E-state index is 12.1. The van der Waals surface area contributed by atoms with Gasteiger partial charge in [0.1, 0.15) is 11.8 Å². The number of hydrogen-bond acceptors (Lipinski definition) is 8. The number of nitrogens with one attached hydrogen (secondary N) is 1. The minimum absolute atomic E-state index is 0.203. The van der Waals surface area contributed by atoms with Gasteiger partial charge < -0.3 is 23.9 Å². The molecular weight excluding hydrogens is 462 g/mol. The van der Waals surface area contributed by atoms with Crippen LogP contribution in [-0.4, -0.2) is 64.1 Å². The quantitative estimate of drug-likeness (QED) is 0.485. The van der Waals surface area contributed by atoms with Gasteiger partial charge >= 0.3 is 22.3 Å². The number of nitrogens with zero attached hydrogens (tertiary/aromatic N) is 2. The van der Waals surface area contributed by atoms with Crippen LogP contribution in [0.4, 0.5) is 9.59 Å². The zero-order valence-electron chi connectivity index (χ0n) is 18.6. The molecular formula is C23H25N3O7S. The molecule has 1 fully saturated rings. The maximum atomic E-state index is 12.1. The number of rotatable bonds is 6. The zero-order valence-corrected chi connectivity index (χ0v) is 19.4. The van der Waals surface area contributed by atoms with E-state index in [0.717, 1.165) is 22.9 Å². The van der Waals surface area contributed by atoms with E-state index in [0.29, 0.717) is 32.7 Å². The van der Waals surface area contributed by atoms with Gasteiger partial charge in [0.25, 0.3) is 0 Å². The molecule has 1 N–H and O–H groups in total. The molecule has 11 heteroatoms. The first-order valence-electron chi connectivity index (χ1n) is 10.6. The SMILES string of the molecule is CS(=O)(=O)Oc1cccc(-c2ccc(C[C@@H](C#N)NC(=O)OC(=O)N3CCCOCC3)cc2)c1. The van der Waals surface area contributed by atoms with Gasteiger partial charge in [-0.3, -0.25) is 0 Å². The molecule has 1 heterocycles. The molecule has 180 valence electrons. The van der Waals surface area contributed by atoms with Crippen molar-refractivity contribution in [3.8, 4) is 22.9 Å². The predicted octanol–water partition coefficient (Wildman–Crippen LogP) is 2.70. The van der Waals surface area contributed by atoms with Crippen LogP contribution < -0.4 is 9.50 Å². The maximum Gasteiger partial charge on any atom is 0.418 e. The molecule has 2 amide bonds. The van der Waals surface area contributed by atoms with Gasteiger partial charge in [0.15, 0.2) is 0 Å². The first-order chi connectivity index (χ1) is 16.2. The molecule has 1 aliphatic rings. The van der Waals surface area contributed by atoms with Gasteiger partial charge in [-0.05, 0) is 35.2 Å². The lowest BCUT2D eigenvalue weighted by Crippen LogP contribution is -2.41. The molecule has 34 heavy (non-hydrogen) atoms. The fraction of sp³-hybridized carbons (Fsp3) is 0.348. The van der Waals surface area contributed by atoms with E-state index in [4.69, 9.17) is 13.7 Å². The van der Waals surface area contributed by atoms with Crippen molar-refractivity contribution in [1.82, 2.24) is 10.2 Å². The molecule has 1 atom stereocenters. The molecule has 2 aromatic rings. The number of ether oxygens (including phenoxy) is 2. The number of benzene rings is 2. The van der Waals surface area contributed by atoms with Crippen molar-refractivity contribution in [3.05, 3.63) is 54.1 Å². The van der Waals surface area contributed by atoms with E-state index in [2.05, 4.69) is 5.32 Å². The molecule has 0 aromatic heterocycles. The summed E-state index contributed by atoms with van der Waals surface area (Å²) >= 11 is 0. The lowest BCUT2D eigenvalue weighted by Gasteiger charge is -2.19. The molecule has 2 aromatic carbocycles. The Labute approximate surface area is 198 Å². The molecule has 1 saturated heterocycles. The Kier molecular flexibility index (Phi) is 8.45. The molecule has 0 spiro atoms. The van der Waals surface area contributed by atoms with Gasteiger partial charge in [0.05, 0.1) is 18.9 Å². The van der Waals surface area contributed by atoms with Crippen LogP contribution in [0.2, 0.25) is 0 Å². The van der Waals surface area contributed by atoms with E-state index in [1.54, 1.807) is 30.3 Å². The third-order valence-electron chi connectivity index (χ3n) is 4.92. The van der Waals surface area contributed by atoms with Crippen LogP contribution in [-0.2, 0) is 26.0 Å². The normalized spacial score (nSPS) is 14.9. The lowest BCUT2D eigenvalue weighted by molar-refractivity contribution is 0.110. The molecule has 1 aliphatic heterocycles. The van der Waals surface area contributed by atoms with Crippen LogP contribution in [0.25, 0.3) is 11.1 Å². The van der Waals surface area contributed by atoms with Crippen LogP contribution in [0.5, 0.6) is 5.75 Å². The largest absolute Gasteiger partial charge is 0.418 e. The monoisotopic (exact) mass is 487 g/mol. The molecule has 10 nitrogen and oxygen atoms in total. The Bertz CT molecular complexity index is 1150. The van der Waals surface area contributed by atoms with Gasteiger partial charge in [0, 0.05) is 26.1 Å². The molecule has 3 rings (SSSR count). The summed E-state index contributed by atoms with van der Waals surface area (Å²) in [6.45, 7) is 1.69. The highest BCUT2D eigenvalue weighted by Crippen LogP contribution is 2.25. The topological polar surface area (TPSA) is 135 Å². The van der Waals surface area contributed by atoms with Crippen LogP contribution in [0.1, 0.15) is 12.0 Å². The Morgan fingerprint density at radius 1 is 1.15 bits per heavy atom. The highest BCUT2D eigenvalue weighted by atomic mass is 32.2. The average Bonchev–Trinajstić information content (AvgIpc) is 3.08. The van der Waals surface area contributed by atoms with Crippen molar-refractivity contribution in [2.24, 2.45) is 0 Å². The summed E-state index contributed by atoms with van der Waals surface area (Å²) < 4.78 is 37.7. The van der Waals surface area contributed by atoms with Crippen molar-refractivity contribution in [2.75, 3.05) is 32.6 Å². The number of nitriles is 1. The Morgan fingerprint density at radius 2 is 1.91 bits per heavy atom. The van der Waals surface area contributed by atoms with Crippen LogP contribution in [0, 0.1) is 11.3 Å². The summed E-state index contributed by atoms with van der Waals surface area (Å²) in [6, 6.07) is 15.0. The number of amides is 2. The fourth-order valence-corrected chi connectivity index (χ4v) is 3.80. The van der Waals surface area contributed by atoms with E-state index >= 15 is 0 Å². The summed E-state index contributed by atoms with van der Waals surface area (Å²) in [5, 5.41) is 11.8. The van der Waals surface area contributed by atoms with Crippen molar-refractivity contribution < 1.29 is 31.7 Å². The van der Waals surface area contributed by atoms with E-state index in [-0.39, 0.29) is 12.2 Å². The average molecular weight is 488 g/mol.